The highest BCUT2D eigenvalue weighted by Crippen LogP contribution is 2.49. The van der Waals surface area contributed by atoms with Crippen molar-refractivity contribution < 1.29 is 14.4 Å². The van der Waals surface area contributed by atoms with E-state index in [1.165, 1.54) is 30.6 Å². The number of hydrogen-bond donors (Lipinski definition) is 1. The Bertz CT molecular complexity index is 786. The largest absolute Gasteiger partial charge is 0.332 e. The predicted molar refractivity (Wildman–Crippen MR) is 101 cm³/mol. The zero-order valence-electron chi connectivity index (χ0n) is 15.4. The molecule has 2 aliphatic heterocycles. The number of nitrogens with one attached hydrogen (secondary N) is 1. The number of benzene rings is 1. The molecule has 4 aliphatic rings. The molecule has 2 bridgehead atoms. The van der Waals surface area contributed by atoms with E-state index in [9.17, 15) is 14.4 Å². The number of anilines is 2. The third-order valence-corrected chi connectivity index (χ3v) is 6.92. The number of urea groups is 1. The van der Waals surface area contributed by atoms with Crippen LogP contribution in [0, 0.1) is 17.8 Å². The zero-order chi connectivity index (χ0) is 18.5. The Morgan fingerprint density at radius 1 is 1.15 bits per heavy atom. The van der Waals surface area contributed by atoms with Crippen molar-refractivity contribution in [1.82, 2.24) is 4.90 Å². The summed E-state index contributed by atoms with van der Waals surface area (Å²) in [4.78, 5) is 40.6. The first-order valence-electron chi connectivity index (χ1n) is 10.1. The molecule has 4 unspecified atom stereocenters. The molecule has 2 heterocycles. The van der Waals surface area contributed by atoms with Crippen LogP contribution < -0.4 is 10.2 Å². The number of carbonyl (C=O) groups is 3. The maximum absolute atomic E-state index is 12.6. The zero-order valence-corrected chi connectivity index (χ0v) is 15.4. The molecule has 1 aromatic rings. The fraction of sp³-hybridized carbons (Fsp3) is 0.571. The molecule has 2 aliphatic carbocycles. The molecule has 0 aromatic heterocycles. The van der Waals surface area contributed by atoms with Gasteiger partial charge in [-0.3, -0.25) is 9.59 Å². The van der Waals surface area contributed by atoms with Crippen molar-refractivity contribution in [2.75, 3.05) is 16.8 Å². The predicted octanol–water partition coefficient (Wildman–Crippen LogP) is 3.38. The van der Waals surface area contributed by atoms with Crippen LogP contribution in [-0.4, -0.2) is 35.3 Å². The van der Waals surface area contributed by atoms with Gasteiger partial charge in [-0.1, -0.05) is 12.5 Å². The van der Waals surface area contributed by atoms with Gasteiger partial charge in [0, 0.05) is 18.7 Å². The van der Waals surface area contributed by atoms with Crippen LogP contribution in [0.4, 0.5) is 16.2 Å². The monoisotopic (exact) mass is 367 g/mol. The van der Waals surface area contributed by atoms with Gasteiger partial charge < -0.3 is 10.2 Å². The molecule has 0 spiro atoms. The Morgan fingerprint density at radius 2 is 2.04 bits per heavy atom. The quantitative estimate of drug-likeness (QED) is 0.830. The third-order valence-electron chi connectivity index (χ3n) is 6.92. The van der Waals surface area contributed by atoms with Gasteiger partial charge in [0.1, 0.15) is 6.04 Å². The van der Waals surface area contributed by atoms with E-state index < -0.39 is 0 Å². The molecule has 4 amide bonds. The van der Waals surface area contributed by atoms with Gasteiger partial charge in [0.05, 0.1) is 5.69 Å². The summed E-state index contributed by atoms with van der Waals surface area (Å²) in [6, 6.07) is 6.53. The number of fused-ring (bicyclic) bond motifs is 3. The van der Waals surface area contributed by atoms with Crippen LogP contribution in [0.5, 0.6) is 0 Å². The van der Waals surface area contributed by atoms with Crippen LogP contribution in [0.15, 0.2) is 24.3 Å². The Kier molecular flexibility index (Phi) is 3.95. The van der Waals surface area contributed by atoms with Crippen LogP contribution in [0.1, 0.15) is 44.9 Å². The highest BCUT2D eigenvalue weighted by atomic mass is 16.2. The summed E-state index contributed by atoms with van der Waals surface area (Å²) in [5, 5.41) is 2.97. The maximum Gasteiger partial charge on any atom is 0.332 e. The number of amides is 4. The number of nitrogens with zero attached hydrogens (tertiary/aromatic N) is 2. The van der Waals surface area contributed by atoms with Crippen molar-refractivity contribution in [1.29, 1.82) is 0 Å². The average molecular weight is 367 g/mol. The number of carbonyl (C=O) groups excluding carboxylic acids is 3. The molecule has 27 heavy (non-hydrogen) atoms. The van der Waals surface area contributed by atoms with Crippen molar-refractivity contribution >= 4 is 29.2 Å². The summed E-state index contributed by atoms with van der Waals surface area (Å²) < 4.78 is 0. The topological polar surface area (TPSA) is 69.7 Å². The molecule has 0 radical (unpaired) electrons. The van der Waals surface area contributed by atoms with Gasteiger partial charge in [0.25, 0.3) is 5.91 Å². The molecule has 4 atom stereocenters. The highest BCUT2D eigenvalue weighted by molar-refractivity contribution is 6.21. The van der Waals surface area contributed by atoms with Crippen molar-refractivity contribution in [2.24, 2.45) is 17.8 Å². The molecule has 142 valence electrons. The van der Waals surface area contributed by atoms with Crippen molar-refractivity contribution in [2.45, 2.75) is 51.0 Å². The van der Waals surface area contributed by atoms with Crippen molar-refractivity contribution in [3.63, 3.8) is 0 Å². The molecule has 6 heteroatoms. The lowest BCUT2D eigenvalue weighted by Crippen LogP contribution is -2.33. The Balaban J connectivity index is 1.27. The summed E-state index contributed by atoms with van der Waals surface area (Å²) in [5.41, 5.74) is 1.19. The van der Waals surface area contributed by atoms with E-state index in [4.69, 9.17) is 0 Å². The van der Waals surface area contributed by atoms with Gasteiger partial charge >= 0.3 is 6.03 Å². The fourth-order valence-corrected chi connectivity index (χ4v) is 5.66. The van der Waals surface area contributed by atoms with Crippen LogP contribution in [0.3, 0.4) is 0 Å². The minimum Gasteiger partial charge on any atom is -0.326 e. The van der Waals surface area contributed by atoms with E-state index in [0.29, 0.717) is 30.3 Å². The summed E-state index contributed by atoms with van der Waals surface area (Å²) in [7, 11) is 0. The van der Waals surface area contributed by atoms with E-state index in [1.54, 1.807) is 23.1 Å². The van der Waals surface area contributed by atoms with Gasteiger partial charge in [0.15, 0.2) is 0 Å². The van der Waals surface area contributed by atoms with E-state index in [0.717, 1.165) is 24.7 Å². The molecule has 1 aromatic carbocycles. The summed E-state index contributed by atoms with van der Waals surface area (Å²) >= 11 is 0. The number of hydrogen-bond acceptors (Lipinski definition) is 3. The summed E-state index contributed by atoms with van der Waals surface area (Å²) in [6.45, 7) is 0.645. The van der Waals surface area contributed by atoms with Gasteiger partial charge in [-0.05, 0) is 68.1 Å². The first kappa shape index (κ1) is 16.8. The Hall–Kier alpha value is -2.37. The summed E-state index contributed by atoms with van der Waals surface area (Å²) in [5.74, 6) is 1.95. The van der Waals surface area contributed by atoms with Crippen molar-refractivity contribution in [3.05, 3.63) is 24.3 Å². The Morgan fingerprint density at radius 3 is 2.78 bits per heavy atom. The first-order chi connectivity index (χ1) is 13.1. The molecule has 2 saturated carbocycles. The highest BCUT2D eigenvalue weighted by Gasteiger charge is 2.48. The van der Waals surface area contributed by atoms with Gasteiger partial charge in [-0.25, -0.2) is 9.69 Å². The van der Waals surface area contributed by atoms with E-state index >= 15 is 0 Å². The minimum absolute atomic E-state index is 0.0318. The van der Waals surface area contributed by atoms with Gasteiger partial charge in [-0.15, -0.1) is 0 Å². The van der Waals surface area contributed by atoms with Crippen LogP contribution >= 0.6 is 0 Å². The second-order valence-electron chi connectivity index (χ2n) is 8.55. The normalized spacial score (nSPS) is 31.7. The standard InChI is InChI=1S/C21H25N3O3/c25-19(11-15-10-13-6-7-14(15)9-13)22-16-3-1-4-17(12-16)24-20(26)18-5-2-8-23(18)21(24)27/h1,3-4,12-15,18H,2,5-11H2,(H,22,25). The second kappa shape index (κ2) is 6.36. The lowest BCUT2D eigenvalue weighted by atomic mass is 9.86. The minimum atomic E-state index is -0.312. The molecule has 6 nitrogen and oxygen atoms in total. The summed E-state index contributed by atoms with van der Waals surface area (Å²) in [6.07, 6.45) is 7.28. The lowest BCUT2D eigenvalue weighted by molar-refractivity contribution is -0.119. The molecular weight excluding hydrogens is 342 g/mol. The SMILES string of the molecule is O=C(CC1CC2CCC1C2)Nc1cccc(N2C(=O)C3CCCN3C2=O)c1. The van der Waals surface area contributed by atoms with E-state index in [2.05, 4.69) is 5.32 Å². The average Bonchev–Trinajstić information content (AvgIpc) is 3.40. The molecule has 2 saturated heterocycles. The number of imide groups is 1. The smallest absolute Gasteiger partial charge is 0.326 e. The van der Waals surface area contributed by atoms with Crippen LogP contribution in [0.2, 0.25) is 0 Å². The first-order valence-corrected chi connectivity index (χ1v) is 10.1. The molecular formula is C21H25N3O3. The lowest BCUT2D eigenvalue weighted by Gasteiger charge is -2.21. The third kappa shape index (κ3) is 2.82. The number of rotatable bonds is 4. The molecule has 5 rings (SSSR count). The Labute approximate surface area is 158 Å². The molecule has 4 fully saturated rings. The fourth-order valence-electron chi connectivity index (χ4n) is 5.66. The van der Waals surface area contributed by atoms with E-state index in [-0.39, 0.29) is 23.9 Å². The van der Waals surface area contributed by atoms with Gasteiger partial charge in [-0.2, -0.15) is 0 Å². The molecule has 1 N–H and O–H groups in total. The van der Waals surface area contributed by atoms with E-state index in [1.807, 2.05) is 6.07 Å². The second-order valence-corrected chi connectivity index (χ2v) is 8.55. The van der Waals surface area contributed by atoms with Crippen LogP contribution in [-0.2, 0) is 9.59 Å². The maximum atomic E-state index is 12.6. The van der Waals surface area contributed by atoms with Gasteiger partial charge in [0.2, 0.25) is 5.91 Å². The van der Waals surface area contributed by atoms with Crippen molar-refractivity contribution in [3.8, 4) is 0 Å². The van der Waals surface area contributed by atoms with Crippen LogP contribution in [0.25, 0.3) is 0 Å².